The van der Waals surface area contributed by atoms with E-state index < -0.39 is 18.5 Å². The fourth-order valence-corrected chi connectivity index (χ4v) is 3.98. The molecule has 0 bridgehead atoms. The van der Waals surface area contributed by atoms with Crippen LogP contribution in [0.5, 0.6) is 11.5 Å². The van der Waals surface area contributed by atoms with Gasteiger partial charge >= 0.3 is 5.97 Å². The number of rotatable bonds is 8. The molecule has 1 atom stereocenters. The van der Waals surface area contributed by atoms with E-state index in [-0.39, 0.29) is 24.2 Å². The number of furan rings is 1. The summed E-state index contributed by atoms with van der Waals surface area (Å²) in [5.41, 5.74) is 2.09. The zero-order chi connectivity index (χ0) is 24.2. The molecule has 3 aromatic rings. The van der Waals surface area contributed by atoms with Gasteiger partial charge in [-0.2, -0.15) is 0 Å². The predicted molar refractivity (Wildman–Crippen MR) is 124 cm³/mol. The summed E-state index contributed by atoms with van der Waals surface area (Å²) < 4.78 is 24.3. The van der Waals surface area contributed by atoms with Gasteiger partial charge in [0.25, 0.3) is 5.91 Å². The van der Waals surface area contributed by atoms with Crippen LogP contribution >= 0.6 is 15.9 Å². The highest BCUT2D eigenvalue weighted by Gasteiger charge is 2.24. The molecule has 1 aliphatic rings. The molecule has 1 amide bonds. The van der Waals surface area contributed by atoms with Crippen molar-refractivity contribution in [1.29, 1.82) is 0 Å². The molecule has 1 aromatic carbocycles. The zero-order valence-corrected chi connectivity index (χ0v) is 20.2. The summed E-state index contributed by atoms with van der Waals surface area (Å²) in [5.74, 6) is -0.164. The van der Waals surface area contributed by atoms with Crippen molar-refractivity contribution < 1.29 is 33.0 Å². The summed E-state index contributed by atoms with van der Waals surface area (Å²) in [4.78, 5) is 36.6. The molecule has 0 spiro atoms. The van der Waals surface area contributed by atoms with Crippen molar-refractivity contribution in [1.82, 2.24) is 9.88 Å². The SMILES string of the molecule is Cc1cc(C(=O)COC(=O)CNC(=O)c2ccc(Br)o2)c(C)n1CC1COc2ccccc2O1. The van der Waals surface area contributed by atoms with E-state index in [9.17, 15) is 14.4 Å². The van der Waals surface area contributed by atoms with E-state index in [4.69, 9.17) is 18.6 Å². The molecule has 0 aliphatic carbocycles. The number of amides is 1. The van der Waals surface area contributed by atoms with E-state index >= 15 is 0 Å². The van der Waals surface area contributed by atoms with Crippen molar-refractivity contribution >= 4 is 33.6 Å². The van der Waals surface area contributed by atoms with Gasteiger partial charge in [0.05, 0.1) is 6.54 Å². The number of carbonyl (C=O) groups excluding carboxylic acids is 3. The van der Waals surface area contributed by atoms with E-state index in [1.165, 1.54) is 6.07 Å². The summed E-state index contributed by atoms with van der Waals surface area (Å²) in [5, 5.41) is 2.38. The summed E-state index contributed by atoms with van der Waals surface area (Å²) in [6.45, 7) is 3.83. The molecule has 34 heavy (non-hydrogen) atoms. The first kappa shape index (κ1) is 23.6. The van der Waals surface area contributed by atoms with E-state index in [2.05, 4.69) is 21.2 Å². The Morgan fingerprint density at radius 2 is 1.91 bits per heavy atom. The van der Waals surface area contributed by atoms with Crippen LogP contribution in [-0.4, -0.2) is 48.1 Å². The Kier molecular flexibility index (Phi) is 7.06. The largest absolute Gasteiger partial charge is 0.486 e. The first-order valence-corrected chi connectivity index (χ1v) is 11.4. The van der Waals surface area contributed by atoms with Crippen LogP contribution in [0.25, 0.3) is 0 Å². The lowest BCUT2D eigenvalue weighted by Crippen LogP contribution is -2.33. The number of hydrogen-bond acceptors (Lipinski definition) is 7. The van der Waals surface area contributed by atoms with Gasteiger partial charge in [0.2, 0.25) is 5.78 Å². The molecule has 0 saturated carbocycles. The maximum absolute atomic E-state index is 12.7. The number of aryl methyl sites for hydroxylation is 1. The number of ether oxygens (including phenoxy) is 3. The number of Topliss-reactive ketones (excluding diaryl/α,β-unsaturated/α-hetero) is 1. The molecule has 10 heteroatoms. The highest BCUT2D eigenvalue weighted by molar-refractivity contribution is 9.10. The molecule has 1 aliphatic heterocycles. The number of carbonyl (C=O) groups is 3. The van der Waals surface area contributed by atoms with Gasteiger partial charge in [0.1, 0.15) is 13.2 Å². The van der Waals surface area contributed by atoms with Crippen LogP contribution in [-0.2, 0) is 16.1 Å². The van der Waals surface area contributed by atoms with Crippen LogP contribution in [0.2, 0.25) is 0 Å². The number of nitrogens with one attached hydrogen (secondary N) is 1. The number of ketones is 1. The molecule has 1 N–H and O–H groups in total. The summed E-state index contributed by atoms with van der Waals surface area (Å²) >= 11 is 3.10. The maximum atomic E-state index is 12.7. The molecule has 4 rings (SSSR count). The number of hydrogen-bond donors (Lipinski definition) is 1. The second-order valence-corrected chi connectivity index (χ2v) is 8.54. The van der Waals surface area contributed by atoms with E-state index in [1.807, 2.05) is 42.7 Å². The topological polar surface area (TPSA) is 109 Å². The zero-order valence-electron chi connectivity index (χ0n) is 18.6. The first-order chi connectivity index (χ1) is 16.3. The second-order valence-electron chi connectivity index (χ2n) is 7.76. The van der Waals surface area contributed by atoms with Gasteiger partial charge in [0.15, 0.2) is 34.6 Å². The third kappa shape index (κ3) is 5.33. The molecule has 178 valence electrons. The molecule has 2 aromatic heterocycles. The van der Waals surface area contributed by atoms with E-state index in [0.29, 0.717) is 34.9 Å². The number of esters is 1. The van der Waals surface area contributed by atoms with Crippen LogP contribution in [0.3, 0.4) is 0 Å². The smallest absolute Gasteiger partial charge is 0.325 e. The Morgan fingerprint density at radius 3 is 2.65 bits per heavy atom. The highest BCUT2D eigenvalue weighted by atomic mass is 79.9. The number of fused-ring (bicyclic) bond motifs is 1. The highest BCUT2D eigenvalue weighted by Crippen LogP contribution is 2.31. The van der Waals surface area contributed by atoms with Gasteiger partial charge in [-0.05, 0) is 60.1 Å². The molecule has 3 heterocycles. The lowest BCUT2D eigenvalue weighted by atomic mass is 10.1. The summed E-state index contributed by atoms with van der Waals surface area (Å²) in [6, 6.07) is 12.3. The van der Waals surface area contributed by atoms with Crippen molar-refractivity contribution in [3.63, 3.8) is 0 Å². The molecule has 0 radical (unpaired) electrons. The minimum atomic E-state index is -0.729. The van der Waals surface area contributed by atoms with Crippen LogP contribution in [0, 0.1) is 13.8 Å². The van der Waals surface area contributed by atoms with E-state index in [0.717, 1.165) is 11.4 Å². The fourth-order valence-electron chi connectivity index (χ4n) is 3.67. The lowest BCUT2D eigenvalue weighted by molar-refractivity contribution is -0.141. The van der Waals surface area contributed by atoms with Crippen molar-refractivity contribution in [3.8, 4) is 11.5 Å². The minimum absolute atomic E-state index is 0.0547. The van der Waals surface area contributed by atoms with E-state index in [1.54, 1.807) is 12.1 Å². The number of halogens is 1. The quantitative estimate of drug-likeness (QED) is 0.350. The number of para-hydroxylation sites is 2. The Balaban J connectivity index is 1.30. The second kappa shape index (κ2) is 10.2. The Labute approximate surface area is 204 Å². The standard InChI is InChI=1S/C24H23BrN2O7/c1-14-9-17(15(2)27(14)11-16-12-31-19-5-3-4-6-20(19)33-16)18(28)13-32-23(29)10-26-24(30)21-7-8-22(25)34-21/h3-9,16H,10-13H2,1-2H3,(H,26,30). The number of benzene rings is 1. The maximum Gasteiger partial charge on any atom is 0.325 e. The Bertz CT molecular complexity index is 1230. The van der Waals surface area contributed by atoms with Gasteiger partial charge in [-0.1, -0.05) is 12.1 Å². The average molecular weight is 531 g/mol. The van der Waals surface area contributed by atoms with Crippen LogP contribution in [0.15, 0.2) is 51.6 Å². The van der Waals surface area contributed by atoms with Crippen LogP contribution in [0.4, 0.5) is 0 Å². The van der Waals surface area contributed by atoms with Crippen molar-refractivity contribution in [3.05, 3.63) is 69.8 Å². The average Bonchev–Trinajstić information content (AvgIpc) is 3.39. The molecule has 0 fully saturated rings. The van der Waals surface area contributed by atoms with Gasteiger partial charge in [0, 0.05) is 17.0 Å². The Hall–Kier alpha value is -3.53. The Morgan fingerprint density at radius 1 is 1.15 bits per heavy atom. The van der Waals surface area contributed by atoms with Gasteiger partial charge in [-0.3, -0.25) is 14.4 Å². The van der Waals surface area contributed by atoms with Gasteiger partial charge in [-0.15, -0.1) is 0 Å². The monoisotopic (exact) mass is 530 g/mol. The molecule has 0 saturated heterocycles. The summed E-state index contributed by atoms with van der Waals surface area (Å²) in [7, 11) is 0. The van der Waals surface area contributed by atoms with Gasteiger partial charge < -0.3 is 28.5 Å². The summed E-state index contributed by atoms with van der Waals surface area (Å²) in [6.07, 6.45) is -0.209. The fraction of sp³-hybridized carbons (Fsp3) is 0.292. The van der Waals surface area contributed by atoms with Crippen molar-refractivity contribution in [2.45, 2.75) is 26.5 Å². The third-order valence-corrected chi connectivity index (χ3v) is 5.81. The van der Waals surface area contributed by atoms with Crippen LogP contribution < -0.4 is 14.8 Å². The normalized spacial score (nSPS) is 14.5. The van der Waals surface area contributed by atoms with Crippen LogP contribution in [0.1, 0.15) is 32.3 Å². The lowest BCUT2D eigenvalue weighted by Gasteiger charge is -2.27. The number of aromatic nitrogens is 1. The first-order valence-electron chi connectivity index (χ1n) is 10.6. The minimum Gasteiger partial charge on any atom is -0.486 e. The van der Waals surface area contributed by atoms with Crippen molar-refractivity contribution in [2.75, 3.05) is 19.8 Å². The molecule has 1 unspecified atom stereocenters. The van der Waals surface area contributed by atoms with Crippen molar-refractivity contribution in [2.24, 2.45) is 0 Å². The molecular formula is C24H23BrN2O7. The predicted octanol–water partition coefficient (Wildman–Crippen LogP) is 3.46. The molecular weight excluding hydrogens is 508 g/mol. The van der Waals surface area contributed by atoms with Gasteiger partial charge in [-0.25, -0.2) is 0 Å². The third-order valence-electron chi connectivity index (χ3n) is 5.38. The molecule has 9 nitrogen and oxygen atoms in total. The number of nitrogens with zero attached hydrogens (tertiary/aromatic N) is 1.